The number of amides is 1. The first kappa shape index (κ1) is 11.1. The molecule has 0 aromatic carbocycles. The van der Waals surface area contributed by atoms with Crippen LogP contribution in [0.15, 0.2) is 6.20 Å². The van der Waals surface area contributed by atoms with Gasteiger partial charge in [-0.2, -0.15) is 5.10 Å². The highest BCUT2D eigenvalue weighted by Gasteiger charge is 2.21. The van der Waals surface area contributed by atoms with Crippen molar-refractivity contribution in [3.8, 4) is 0 Å². The van der Waals surface area contributed by atoms with E-state index in [0.717, 1.165) is 6.20 Å². The van der Waals surface area contributed by atoms with E-state index in [9.17, 15) is 14.9 Å². The molecule has 0 aliphatic heterocycles. The molecule has 0 saturated carbocycles. The smallest absolute Gasteiger partial charge is 0.319 e. The summed E-state index contributed by atoms with van der Waals surface area (Å²) in [6.45, 7) is 0.624. The summed E-state index contributed by atoms with van der Waals surface area (Å²) in [5, 5.41) is 18.6. The van der Waals surface area contributed by atoms with Gasteiger partial charge in [-0.05, 0) is 0 Å². The number of hydrogen-bond acceptors (Lipinski definition) is 5. The zero-order chi connectivity index (χ0) is 11.3. The Hall–Kier alpha value is -1.96. The molecule has 1 aromatic rings. The number of nitrogens with zero attached hydrogens (tertiary/aromatic N) is 2. The number of aromatic amines is 1. The molecule has 0 saturated heterocycles. The van der Waals surface area contributed by atoms with Crippen molar-refractivity contribution in [2.24, 2.45) is 0 Å². The maximum Gasteiger partial charge on any atom is 0.319 e. The lowest BCUT2D eigenvalue weighted by atomic mass is 10.3. The van der Waals surface area contributed by atoms with Gasteiger partial charge in [0.1, 0.15) is 6.20 Å². The first-order valence-corrected chi connectivity index (χ1v) is 4.11. The van der Waals surface area contributed by atoms with Crippen LogP contribution in [0.1, 0.15) is 10.5 Å². The SMILES string of the molecule is COCCNC(=O)c1[nH]ncc1[N+](=O)[O-]. The third kappa shape index (κ3) is 2.74. The van der Waals surface area contributed by atoms with Crippen LogP contribution in [0.2, 0.25) is 0 Å². The second-order valence-electron chi connectivity index (χ2n) is 2.64. The highest BCUT2D eigenvalue weighted by molar-refractivity contribution is 5.95. The first-order valence-electron chi connectivity index (χ1n) is 4.11. The van der Waals surface area contributed by atoms with Gasteiger partial charge in [0.2, 0.25) is 5.69 Å². The van der Waals surface area contributed by atoms with Crippen LogP contribution in [0.25, 0.3) is 0 Å². The van der Waals surface area contributed by atoms with Crippen LogP contribution in [0.4, 0.5) is 5.69 Å². The van der Waals surface area contributed by atoms with Crippen molar-refractivity contribution < 1.29 is 14.5 Å². The van der Waals surface area contributed by atoms with Gasteiger partial charge in [-0.15, -0.1) is 0 Å². The minimum atomic E-state index is -0.672. The van der Waals surface area contributed by atoms with Crippen molar-refractivity contribution in [2.45, 2.75) is 0 Å². The van der Waals surface area contributed by atoms with Crippen LogP contribution < -0.4 is 5.32 Å². The number of hydrogen-bond donors (Lipinski definition) is 2. The molecule has 15 heavy (non-hydrogen) atoms. The van der Waals surface area contributed by atoms with Crippen LogP contribution >= 0.6 is 0 Å². The van der Waals surface area contributed by atoms with E-state index in [1.807, 2.05) is 0 Å². The number of nitrogens with one attached hydrogen (secondary N) is 2. The molecule has 0 radical (unpaired) electrons. The third-order valence-electron chi connectivity index (χ3n) is 1.63. The highest BCUT2D eigenvalue weighted by atomic mass is 16.6. The molecule has 0 bridgehead atoms. The summed E-state index contributed by atoms with van der Waals surface area (Å²) in [6.07, 6.45) is 0.991. The number of aromatic nitrogens is 2. The van der Waals surface area contributed by atoms with Gasteiger partial charge in [0.05, 0.1) is 11.5 Å². The lowest BCUT2D eigenvalue weighted by Crippen LogP contribution is -2.27. The van der Waals surface area contributed by atoms with Gasteiger partial charge in [0.25, 0.3) is 5.91 Å². The first-order chi connectivity index (χ1) is 7.16. The molecule has 1 rings (SSSR count). The van der Waals surface area contributed by atoms with E-state index < -0.39 is 10.8 Å². The quantitative estimate of drug-likeness (QED) is 0.397. The fourth-order valence-corrected chi connectivity index (χ4v) is 0.940. The summed E-state index contributed by atoms with van der Waals surface area (Å²) in [5.74, 6) is -0.573. The predicted octanol–water partition coefficient (Wildman–Crippen LogP) is -0.306. The molecular weight excluding hydrogens is 204 g/mol. The Morgan fingerprint density at radius 2 is 2.53 bits per heavy atom. The molecule has 0 aliphatic carbocycles. The summed E-state index contributed by atoms with van der Waals surface area (Å²) in [6, 6.07) is 0. The average molecular weight is 214 g/mol. The molecule has 0 atom stereocenters. The Bertz CT molecular complexity index is 362. The van der Waals surface area contributed by atoms with E-state index in [2.05, 4.69) is 15.5 Å². The fraction of sp³-hybridized carbons (Fsp3) is 0.429. The van der Waals surface area contributed by atoms with Crippen LogP contribution in [0, 0.1) is 10.1 Å². The summed E-state index contributed by atoms with van der Waals surface area (Å²) >= 11 is 0. The van der Waals surface area contributed by atoms with Crippen molar-refractivity contribution in [3.63, 3.8) is 0 Å². The number of H-pyrrole nitrogens is 1. The second-order valence-corrected chi connectivity index (χ2v) is 2.64. The number of rotatable bonds is 5. The summed E-state index contributed by atoms with van der Waals surface area (Å²) in [5.41, 5.74) is -0.499. The number of carbonyl (C=O) groups is 1. The molecule has 8 nitrogen and oxygen atoms in total. The topological polar surface area (TPSA) is 110 Å². The van der Waals surface area contributed by atoms with Gasteiger partial charge < -0.3 is 10.1 Å². The number of ether oxygens (including phenoxy) is 1. The third-order valence-corrected chi connectivity index (χ3v) is 1.63. The van der Waals surface area contributed by atoms with Crippen molar-refractivity contribution >= 4 is 11.6 Å². The molecular formula is C7H10N4O4. The predicted molar refractivity (Wildman–Crippen MR) is 49.5 cm³/mol. The monoisotopic (exact) mass is 214 g/mol. The fourth-order valence-electron chi connectivity index (χ4n) is 0.940. The molecule has 0 unspecified atom stereocenters. The van der Waals surface area contributed by atoms with E-state index >= 15 is 0 Å². The van der Waals surface area contributed by atoms with Gasteiger partial charge in [0.15, 0.2) is 0 Å². The molecule has 82 valence electrons. The van der Waals surface area contributed by atoms with Crippen LogP contribution in [-0.2, 0) is 4.74 Å². The van der Waals surface area contributed by atoms with Crippen molar-refractivity contribution in [1.82, 2.24) is 15.5 Å². The number of carbonyl (C=O) groups excluding carboxylic acids is 1. The van der Waals surface area contributed by atoms with E-state index in [1.165, 1.54) is 7.11 Å². The summed E-state index contributed by atoms with van der Waals surface area (Å²) < 4.78 is 4.71. The minimum Gasteiger partial charge on any atom is -0.383 e. The lowest BCUT2D eigenvalue weighted by Gasteiger charge is -2.01. The Balaban J connectivity index is 2.65. The van der Waals surface area contributed by atoms with Crippen LogP contribution in [0.5, 0.6) is 0 Å². The minimum absolute atomic E-state index is 0.156. The lowest BCUT2D eigenvalue weighted by molar-refractivity contribution is -0.385. The number of nitro groups is 1. The molecule has 2 N–H and O–H groups in total. The highest BCUT2D eigenvalue weighted by Crippen LogP contribution is 2.13. The van der Waals surface area contributed by atoms with Crippen molar-refractivity contribution in [2.75, 3.05) is 20.3 Å². The Kier molecular flexibility index (Phi) is 3.75. The largest absolute Gasteiger partial charge is 0.383 e. The van der Waals surface area contributed by atoms with Gasteiger partial charge in [0, 0.05) is 13.7 Å². The van der Waals surface area contributed by atoms with Gasteiger partial charge in [-0.25, -0.2) is 0 Å². The molecule has 1 amide bonds. The van der Waals surface area contributed by atoms with Crippen LogP contribution in [0.3, 0.4) is 0 Å². The standard InChI is InChI=1S/C7H10N4O4/c1-15-3-2-8-7(12)6-5(11(13)14)4-9-10-6/h4H,2-3H2,1H3,(H,8,12)(H,9,10). The van der Waals surface area contributed by atoms with Crippen LogP contribution in [-0.4, -0.2) is 41.3 Å². The Morgan fingerprint density at radius 3 is 3.13 bits per heavy atom. The number of methoxy groups -OCH3 is 1. The Morgan fingerprint density at radius 1 is 1.80 bits per heavy atom. The Labute approximate surface area is 84.8 Å². The van der Waals surface area contributed by atoms with E-state index in [1.54, 1.807) is 0 Å². The van der Waals surface area contributed by atoms with E-state index in [0.29, 0.717) is 6.61 Å². The maximum absolute atomic E-state index is 11.4. The summed E-state index contributed by atoms with van der Waals surface area (Å²) in [7, 11) is 1.49. The zero-order valence-electron chi connectivity index (χ0n) is 8.02. The molecule has 1 heterocycles. The second kappa shape index (κ2) is 5.05. The van der Waals surface area contributed by atoms with E-state index in [4.69, 9.17) is 4.74 Å². The average Bonchev–Trinajstić information content (AvgIpc) is 2.66. The van der Waals surface area contributed by atoms with Crippen molar-refractivity contribution in [1.29, 1.82) is 0 Å². The normalized spacial score (nSPS) is 9.93. The van der Waals surface area contributed by atoms with Gasteiger partial charge >= 0.3 is 5.69 Å². The van der Waals surface area contributed by atoms with Crippen molar-refractivity contribution in [3.05, 3.63) is 22.0 Å². The molecule has 8 heteroatoms. The zero-order valence-corrected chi connectivity index (χ0v) is 8.02. The molecule has 0 spiro atoms. The molecule has 0 aliphatic rings. The molecule has 1 aromatic heterocycles. The summed E-state index contributed by atoms with van der Waals surface area (Å²) in [4.78, 5) is 21.1. The molecule has 0 fully saturated rings. The van der Waals surface area contributed by atoms with Gasteiger partial charge in [-0.3, -0.25) is 20.0 Å². The van der Waals surface area contributed by atoms with Gasteiger partial charge in [-0.1, -0.05) is 0 Å². The maximum atomic E-state index is 11.4. The van der Waals surface area contributed by atoms with E-state index in [-0.39, 0.29) is 17.9 Å².